The van der Waals surface area contributed by atoms with E-state index in [1.807, 2.05) is 0 Å². The Labute approximate surface area is 93.5 Å². The Morgan fingerprint density at radius 1 is 1.40 bits per heavy atom. The number of aliphatic hydroxyl groups is 1. The first kappa shape index (κ1) is 14.3. The third-order valence-electron chi connectivity index (χ3n) is 2.15. The molecule has 0 aliphatic heterocycles. The molecule has 0 bridgehead atoms. The van der Waals surface area contributed by atoms with Crippen molar-refractivity contribution in [2.24, 2.45) is 5.73 Å². The summed E-state index contributed by atoms with van der Waals surface area (Å²) in [6.07, 6.45) is -0.455. The molecule has 1 rings (SSSR count). The Balaban J connectivity index is 0.00000196. The average Bonchev–Trinajstić information content (AvgIpc) is 2.19. The maximum atomic E-state index is 13.2. The van der Waals surface area contributed by atoms with Crippen molar-refractivity contribution < 1.29 is 13.9 Å². The van der Waals surface area contributed by atoms with E-state index in [9.17, 15) is 13.9 Å². The zero-order valence-electron chi connectivity index (χ0n) is 8.28. The minimum Gasteiger partial charge on any atom is -0.391 e. The summed E-state index contributed by atoms with van der Waals surface area (Å²) in [5, 5.41) is 9.38. The van der Waals surface area contributed by atoms with Gasteiger partial charge in [-0.1, -0.05) is 6.92 Å². The topological polar surface area (TPSA) is 46.2 Å². The number of hydrogen-bond acceptors (Lipinski definition) is 2. The van der Waals surface area contributed by atoms with Crippen molar-refractivity contribution >= 4 is 12.4 Å². The van der Waals surface area contributed by atoms with Crippen LogP contribution in [0.1, 0.15) is 24.9 Å². The Kier molecular flexibility index (Phi) is 5.72. The molecule has 1 aromatic carbocycles. The van der Waals surface area contributed by atoms with E-state index < -0.39 is 23.8 Å². The van der Waals surface area contributed by atoms with Crippen LogP contribution in [-0.2, 0) is 0 Å². The van der Waals surface area contributed by atoms with Gasteiger partial charge in [-0.3, -0.25) is 0 Å². The first-order valence-corrected chi connectivity index (χ1v) is 4.44. The maximum absolute atomic E-state index is 13.2. The molecule has 2 atom stereocenters. The lowest BCUT2D eigenvalue weighted by Crippen LogP contribution is -2.26. The van der Waals surface area contributed by atoms with E-state index >= 15 is 0 Å². The molecule has 0 saturated heterocycles. The van der Waals surface area contributed by atoms with E-state index in [0.29, 0.717) is 6.42 Å². The molecule has 0 heterocycles. The molecule has 0 spiro atoms. The minimum absolute atomic E-state index is 0. The fourth-order valence-electron chi connectivity index (χ4n) is 1.23. The highest BCUT2D eigenvalue weighted by Gasteiger charge is 2.18. The number of rotatable bonds is 3. The predicted octanol–water partition coefficient (Wildman–Crippen LogP) is 2.16. The van der Waals surface area contributed by atoms with Crippen molar-refractivity contribution in [3.63, 3.8) is 0 Å². The molecular weight excluding hydrogens is 224 g/mol. The molecule has 0 amide bonds. The summed E-state index contributed by atoms with van der Waals surface area (Å²) in [6, 6.07) is 2.16. The van der Waals surface area contributed by atoms with Gasteiger partial charge >= 0.3 is 0 Å². The molecule has 86 valence electrons. The normalized spacial score (nSPS) is 14.2. The lowest BCUT2D eigenvalue weighted by molar-refractivity contribution is 0.139. The van der Waals surface area contributed by atoms with Gasteiger partial charge in [0.15, 0.2) is 0 Å². The number of benzene rings is 1. The van der Waals surface area contributed by atoms with E-state index in [1.54, 1.807) is 6.92 Å². The molecule has 5 heteroatoms. The summed E-state index contributed by atoms with van der Waals surface area (Å²) in [4.78, 5) is 0. The third kappa shape index (κ3) is 3.41. The lowest BCUT2D eigenvalue weighted by atomic mass is 10.00. The van der Waals surface area contributed by atoms with E-state index in [4.69, 9.17) is 5.73 Å². The Bertz CT molecular complexity index is 322. The van der Waals surface area contributed by atoms with Crippen LogP contribution in [0, 0.1) is 11.6 Å². The van der Waals surface area contributed by atoms with E-state index in [1.165, 1.54) is 0 Å². The molecule has 15 heavy (non-hydrogen) atoms. The van der Waals surface area contributed by atoms with Gasteiger partial charge in [-0.15, -0.1) is 12.4 Å². The monoisotopic (exact) mass is 237 g/mol. The molecule has 0 aliphatic carbocycles. The van der Waals surface area contributed by atoms with Gasteiger partial charge in [-0.2, -0.15) is 0 Å². The van der Waals surface area contributed by atoms with Crippen molar-refractivity contribution in [2.75, 3.05) is 0 Å². The van der Waals surface area contributed by atoms with Crippen LogP contribution in [0.3, 0.4) is 0 Å². The van der Waals surface area contributed by atoms with Gasteiger partial charge in [-0.25, -0.2) is 8.78 Å². The van der Waals surface area contributed by atoms with Gasteiger partial charge in [0.1, 0.15) is 11.6 Å². The van der Waals surface area contributed by atoms with Crippen LogP contribution in [-0.4, -0.2) is 11.2 Å². The second kappa shape index (κ2) is 6.00. The average molecular weight is 238 g/mol. The second-order valence-electron chi connectivity index (χ2n) is 3.17. The van der Waals surface area contributed by atoms with Crippen LogP contribution < -0.4 is 5.73 Å². The molecule has 0 unspecified atom stereocenters. The zero-order valence-corrected chi connectivity index (χ0v) is 9.10. The summed E-state index contributed by atoms with van der Waals surface area (Å²) < 4.78 is 25.9. The third-order valence-corrected chi connectivity index (χ3v) is 2.15. The Hall–Kier alpha value is -0.710. The SMILES string of the molecule is CC[C@@H](O)[C@@H](N)c1cc(F)ccc1F.Cl. The molecule has 0 fully saturated rings. The van der Waals surface area contributed by atoms with Crippen LogP contribution in [0.25, 0.3) is 0 Å². The first-order valence-electron chi connectivity index (χ1n) is 4.44. The van der Waals surface area contributed by atoms with Crippen molar-refractivity contribution in [2.45, 2.75) is 25.5 Å². The highest BCUT2D eigenvalue weighted by atomic mass is 35.5. The van der Waals surface area contributed by atoms with Crippen molar-refractivity contribution in [1.29, 1.82) is 0 Å². The van der Waals surface area contributed by atoms with Crippen LogP contribution in [0.5, 0.6) is 0 Å². The van der Waals surface area contributed by atoms with Crippen LogP contribution in [0.2, 0.25) is 0 Å². The Morgan fingerprint density at radius 2 is 2.00 bits per heavy atom. The number of aliphatic hydroxyl groups excluding tert-OH is 1. The summed E-state index contributed by atoms with van der Waals surface area (Å²) in [5.74, 6) is -1.15. The quantitative estimate of drug-likeness (QED) is 0.846. The molecule has 3 N–H and O–H groups in total. The van der Waals surface area contributed by atoms with E-state index in [2.05, 4.69) is 0 Å². The molecule has 0 aromatic heterocycles. The maximum Gasteiger partial charge on any atom is 0.128 e. The summed E-state index contributed by atoms with van der Waals surface area (Å²) >= 11 is 0. The van der Waals surface area contributed by atoms with Crippen LogP contribution >= 0.6 is 12.4 Å². The number of hydrogen-bond donors (Lipinski definition) is 2. The molecule has 0 radical (unpaired) electrons. The second-order valence-corrected chi connectivity index (χ2v) is 3.17. The fourth-order valence-corrected chi connectivity index (χ4v) is 1.23. The smallest absolute Gasteiger partial charge is 0.128 e. The highest BCUT2D eigenvalue weighted by molar-refractivity contribution is 5.85. The van der Waals surface area contributed by atoms with Crippen molar-refractivity contribution in [3.05, 3.63) is 35.4 Å². The minimum atomic E-state index is -0.879. The molecule has 1 aromatic rings. The summed E-state index contributed by atoms with van der Waals surface area (Å²) in [7, 11) is 0. The van der Waals surface area contributed by atoms with Gasteiger partial charge < -0.3 is 10.8 Å². The van der Waals surface area contributed by atoms with Crippen LogP contribution in [0.4, 0.5) is 8.78 Å². The van der Waals surface area contributed by atoms with Gasteiger partial charge in [-0.05, 0) is 24.6 Å². The highest BCUT2D eigenvalue weighted by Crippen LogP contribution is 2.20. The van der Waals surface area contributed by atoms with Gasteiger partial charge in [0.05, 0.1) is 12.1 Å². The summed E-state index contributed by atoms with van der Waals surface area (Å²) in [6.45, 7) is 1.72. The van der Waals surface area contributed by atoms with Crippen LogP contribution in [0.15, 0.2) is 18.2 Å². The Morgan fingerprint density at radius 3 is 2.53 bits per heavy atom. The number of nitrogens with two attached hydrogens (primary N) is 1. The predicted molar refractivity (Wildman–Crippen MR) is 56.8 cm³/mol. The molecule has 0 saturated carbocycles. The zero-order chi connectivity index (χ0) is 10.7. The standard InChI is InChI=1S/C10H13F2NO.ClH/c1-2-9(14)10(13)7-5-6(11)3-4-8(7)12;/h3-5,9-10,14H,2,13H2,1H3;1H/t9-,10+;/m1./s1. The van der Waals surface area contributed by atoms with Gasteiger partial charge in [0.2, 0.25) is 0 Å². The number of halogens is 3. The lowest BCUT2D eigenvalue weighted by Gasteiger charge is -2.18. The summed E-state index contributed by atoms with van der Waals surface area (Å²) in [5.41, 5.74) is 5.58. The van der Waals surface area contributed by atoms with E-state index in [0.717, 1.165) is 18.2 Å². The fraction of sp³-hybridized carbons (Fsp3) is 0.400. The molecular formula is C10H14ClF2NO. The van der Waals surface area contributed by atoms with Crippen molar-refractivity contribution in [1.82, 2.24) is 0 Å². The molecule has 2 nitrogen and oxygen atoms in total. The van der Waals surface area contributed by atoms with Gasteiger partial charge in [0, 0.05) is 5.56 Å². The van der Waals surface area contributed by atoms with Gasteiger partial charge in [0.25, 0.3) is 0 Å². The van der Waals surface area contributed by atoms with E-state index in [-0.39, 0.29) is 18.0 Å². The first-order chi connectivity index (χ1) is 6.56. The largest absolute Gasteiger partial charge is 0.391 e. The van der Waals surface area contributed by atoms with Crippen molar-refractivity contribution in [3.8, 4) is 0 Å². The molecule has 0 aliphatic rings.